The van der Waals surface area contributed by atoms with Crippen LogP contribution in [0.25, 0.3) is 0 Å². The van der Waals surface area contributed by atoms with Gasteiger partial charge in [0.2, 0.25) is 0 Å². The van der Waals surface area contributed by atoms with Crippen LogP contribution in [-0.4, -0.2) is 18.8 Å². The zero-order valence-corrected chi connectivity index (χ0v) is 10.3. The Bertz CT molecular complexity index is 395. The minimum Gasteiger partial charge on any atom is -0.324 e. The maximum atomic E-state index is 13.6. The second-order valence-electron chi connectivity index (χ2n) is 4.92. The molecule has 15 heavy (non-hydrogen) atoms. The average Bonchev–Trinajstić information content (AvgIpc) is 2.47. The van der Waals surface area contributed by atoms with Crippen LogP contribution in [0.3, 0.4) is 0 Å². The fraction of sp³-hybridized carbons (Fsp3) is 0.500. The lowest BCUT2D eigenvalue weighted by Crippen LogP contribution is -2.08. The molecule has 0 aliphatic heterocycles. The SMILES string of the molecule is CS(C)(C)c1ccc(F)c2c1CC[C@H]2N. The molecule has 0 spiro atoms. The van der Waals surface area contributed by atoms with Gasteiger partial charge in [-0.15, -0.1) is 0 Å². The Morgan fingerprint density at radius 3 is 2.60 bits per heavy atom. The molecular formula is C12H18FNS. The normalized spacial score (nSPS) is 21.5. The Morgan fingerprint density at radius 1 is 1.33 bits per heavy atom. The van der Waals surface area contributed by atoms with Crippen LogP contribution in [0.4, 0.5) is 4.39 Å². The summed E-state index contributed by atoms with van der Waals surface area (Å²) in [5, 5.41) is 0. The number of hydrogen-bond donors (Lipinski definition) is 1. The molecule has 3 heteroatoms. The Balaban J connectivity index is 2.63. The third kappa shape index (κ3) is 1.79. The van der Waals surface area contributed by atoms with E-state index in [0.717, 1.165) is 18.4 Å². The first-order valence-corrected chi connectivity index (χ1v) is 8.02. The largest absolute Gasteiger partial charge is 0.324 e. The van der Waals surface area contributed by atoms with Crippen molar-refractivity contribution in [3.63, 3.8) is 0 Å². The molecule has 84 valence electrons. The van der Waals surface area contributed by atoms with Gasteiger partial charge < -0.3 is 5.73 Å². The molecule has 1 nitrogen and oxygen atoms in total. The lowest BCUT2D eigenvalue weighted by atomic mass is 10.1. The van der Waals surface area contributed by atoms with E-state index in [4.69, 9.17) is 5.73 Å². The smallest absolute Gasteiger partial charge is 0.128 e. The van der Waals surface area contributed by atoms with Gasteiger partial charge in [0.15, 0.2) is 0 Å². The molecule has 0 unspecified atom stereocenters. The summed E-state index contributed by atoms with van der Waals surface area (Å²) in [5.74, 6) is -0.123. The van der Waals surface area contributed by atoms with E-state index in [9.17, 15) is 4.39 Å². The predicted octanol–water partition coefficient (Wildman–Crippen LogP) is 2.82. The first-order valence-electron chi connectivity index (χ1n) is 5.16. The highest BCUT2D eigenvalue weighted by molar-refractivity contribution is 8.32. The second kappa shape index (κ2) is 3.49. The van der Waals surface area contributed by atoms with E-state index in [1.807, 2.05) is 6.07 Å². The van der Waals surface area contributed by atoms with Crippen LogP contribution in [0.2, 0.25) is 0 Å². The Labute approximate surface area is 92.2 Å². The topological polar surface area (TPSA) is 26.0 Å². The number of halogens is 1. The number of rotatable bonds is 1. The minimum absolute atomic E-state index is 0.0956. The van der Waals surface area contributed by atoms with Gasteiger partial charge >= 0.3 is 0 Å². The molecule has 0 amide bonds. The molecule has 0 radical (unpaired) electrons. The van der Waals surface area contributed by atoms with Crippen LogP contribution >= 0.6 is 10.0 Å². The van der Waals surface area contributed by atoms with Crippen molar-refractivity contribution in [1.29, 1.82) is 0 Å². The van der Waals surface area contributed by atoms with Gasteiger partial charge in [0.05, 0.1) is 0 Å². The van der Waals surface area contributed by atoms with E-state index in [-0.39, 0.29) is 11.9 Å². The highest BCUT2D eigenvalue weighted by Crippen LogP contribution is 2.50. The zero-order valence-electron chi connectivity index (χ0n) is 9.51. The van der Waals surface area contributed by atoms with Crippen molar-refractivity contribution < 1.29 is 4.39 Å². The zero-order chi connectivity index (χ0) is 11.2. The molecule has 1 atom stereocenters. The first kappa shape index (κ1) is 11.0. The molecule has 1 aromatic carbocycles. The lowest BCUT2D eigenvalue weighted by molar-refractivity contribution is 0.588. The molecular weight excluding hydrogens is 209 g/mol. The quantitative estimate of drug-likeness (QED) is 0.784. The van der Waals surface area contributed by atoms with Crippen LogP contribution in [0.5, 0.6) is 0 Å². The molecule has 0 bridgehead atoms. The van der Waals surface area contributed by atoms with Gasteiger partial charge in [-0.1, -0.05) is 0 Å². The van der Waals surface area contributed by atoms with Crippen LogP contribution < -0.4 is 5.73 Å². The highest BCUT2D eigenvalue weighted by Gasteiger charge is 2.27. The first-order chi connectivity index (χ1) is 6.91. The van der Waals surface area contributed by atoms with Crippen molar-refractivity contribution in [2.24, 2.45) is 5.73 Å². The maximum absolute atomic E-state index is 13.6. The number of hydrogen-bond acceptors (Lipinski definition) is 1. The number of benzene rings is 1. The van der Waals surface area contributed by atoms with Crippen molar-refractivity contribution >= 4 is 10.0 Å². The summed E-state index contributed by atoms with van der Waals surface area (Å²) in [7, 11) is -0.790. The molecule has 0 aromatic heterocycles. The van der Waals surface area contributed by atoms with Gasteiger partial charge in [0, 0.05) is 11.6 Å². The molecule has 0 fully saturated rings. The minimum atomic E-state index is -0.790. The molecule has 1 aliphatic carbocycles. The van der Waals surface area contributed by atoms with Crippen LogP contribution in [0, 0.1) is 5.82 Å². The van der Waals surface area contributed by atoms with Gasteiger partial charge in [0.25, 0.3) is 0 Å². The van der Waals surface area contributed by atoms with Gasteiger partial charge in [0.1, 0.15) is 5.82 Å². The average molecular weight is 227 g/mol. The van der Waals surface area contributed by atoms with Crippen molar-refractivity contribution in [2.45, 2.75) is 23.8 Å². The van der Waals surface area contributed by atoms with E-state index in [1.54, 1.807) is 6.07 Å². The van der Waals surface area contributed by atoms with Crippen molar-refractivity contribution in [1.82, 2.24) is 0 Å². The van der Waals surface area contributed by atoms with Crippen molar-refractivity contribution in [3.8, 4) is 0 Å². The number of fused-ring (bicyclic) bond motifs is 1. The molecule has 2 N–H and O–H groups in total. The fourth-order valence-corrected chi connectivity index (χ4v) is 3.72. The molecule has 0 heterocycles. The molecule has 1 aromatic rings. The summed E-state index contributed by atoms with van der Waals surface area (Å²) in [6.07, 6.45) is 8.55. The summed E-state index contributed by atoms with van der Waals surface area (Å²) in [4.78, 5) is 1.33. The Hall–Kier alpha value is -0.540. The summed E-state index contributed by atoms with van der Waals surface area (Å²) >= 11 is 0. The summed E-state index contributed by atoms with van der Waals surface area (Å²) in [6.45, 7) is 0. The van der Waals surface area contributed by atoms with Gasteiger partial charge in [-0.05, 0) is 54.2 Å². The Morgan fingerprint density at radius 2 is 2.00 bits per heavy atom. The lowest BCUT2D eigenvalue weighted by Gasteiger charge is -2.28. The second-order valence-corrected chi connectivity index (χ2v) is 9.03. The van der Waals surface area contributed by atoms with E-state index < -0.39 is 10.0 Å². The van der Waals surface area contributed by atoms with Crippen LogP contribution in [0.1, 0.15) is 23.6 Å². The third-order valence-corrected chi connectivity index (χ3v) is 4.70. The highest BCUT2D eigenvalue weighted by atomic mass is 32.3. The summed E-state index contributed by atoms with van der Waals surface area (Å²) in [6, 6.07) is 3.43. The standard InChI is InChI=1S/C12H18FNS/c1-15(2,3)11-7-5-9(13)12-8(11)4-6-10(12)14/h5,7,10H,4,6,14H2,1-3H3/t10-/m1/s1. The van der Waals surface area contributed by atoms with Gasteiger partial charge in [-0.25, -0.2) is 14.4 Å². The fourth-order valence-electron chi connectivity index (χ4n) is 2.29. The molecule has 1 aliphatic rings. The maximum Gasteiger partial charge on any atom is 0.128 e. The Kier molecular flexibility index (Phi) is 2.55. The van der Waals surface area contributed by atoms with E-state index in [1.165, 1.54) is 10.5 Å². The van der Waals surface area contributed by atoms with Gasteiger partial charge in [-0.2, -0.15) is 0 Å². The van der Waals surface area contributed by atoms with E-state index in [0.29, 0.717) is 0 Å². The van der Waals surface area contributed by atoms with E-state index in [2.05, 4.69) is 18.8 Å². The predicted molar refractivity (Wildman–Crippen MR) is 65.3 cm³/mol. The number of nitrogens with two attached hydrogens (primary N) is 1. The monoisotopic (exact) mass is 227 g/mol. The van der Waals surface area contributed by atoms with E-state index >= 15 is 0 Å². The van der Waals surface area contributed by atoms with Crippen molar-refractivity contribution in [2.75, 3.05) is 18.8 Å². The molecule has 2 rings (SSSR count). The molecule has 0 saturated carbocycles. The molecule has 0 saturated heterocycles. The van der Waals surface area contributed by atoms with Crippen LogP contribution in [0.15, 0.2) is 17.0 Å². The van der Waals surface area contributed by atoms with Crippen LogP contribution in [-0.2, 0) is 6.42 Å². The summed E-state index contributed by atoms with van der Waals surface area (Å²) < 4.78 is 13.6. The van der Waals surface area contributed by atoms with Gasteiger partial charge in [-0.3, -0.25) is 0 Å². The third-order valence-electron chi connectivity index (χ3n) is 3.00. The van der Waals surface area contributed by atoms with Crippen molar-refractivity contribution in [3.05, 3.63) is 29.1 Å². The summed E-state index contributed by atoms with van der Waals surface area (Å²) in [5.41, 5.74) is 7.89.